The summed E-state index contributed by atoms with van der Waals surface area (Å²) in [5.41, 5.74) is 3.18. The molecule has 4 heteroatoms. The number of benzene rings is 1. The zero-order chi connectivity index (χ0) is 14.5. The Bertz CT molecular complexity index is 470. The maximum Gasteiger partial charge on any atom is 0.254 e. The van der Waals surface area contributed by atoms with Crippen LogP contribution in [-0.4, -0.2) is 36.5 Å². The normalized spacial score (nSPS) is 15.4. The van der Waals surface area contributed by atoms with Gasteiger partial charge >= 0.3 is 0 Å². The minimum atomic E-state index is 0. The average molecular weight is 311 g/mol. The van der Waals surface area contributed by atoms with Crippen LogP contribution in [-0.2, 0) is 0 Å². The van der Waals surface area contributed by atoms with Gasteiger partial charge in [0.25, 0.3) is 5.91 Å². The lowest BCUT2D eigenvalue weighted by atomic mass is 9.99. The summed E-state index contributed by atoms with van der Waals surface area (Å²) in [7, 11) is 0. The summed E-state index contributed by atoms with van der Waals surface area (Å²) >= 11 is 0. The molecular formula is C17H27ClN2O. The lowest BCUT2D eigenvalue weighted by Gasteiger charge is -2.35. The number of rotatable bonds is 4. The molecule has 1 aromatic carbocycles. The number of carbonyl (C=O) groups is 1. The molecule has 2 rings (SSSR count). The SMILES string of the molecule is CCCN(C(=O)c1cccc(C)c1C)C1CCNCC1.Cl. The Kier molecular flexibility index (Phi) is 7.20. The van der Waals surface area contributed by atoms with Gasteiger partial charge in [-0.05, 0) is 63.4 Å². The molecule has 0 spiro atoms. The minimum absolute atomic E-state index is 0. The Hall–Kier alpha value is -1.06. The van der Waals surface area contributed by atoms with Crippen LogP contribution < -0.4 is 5.32 Å². The highest BCUT2D eigenvalue weighted by atomic mass is 35.5. The summed E-state index contributed by atoms with van der Waals surface area (Å²) in [6.45, 7) is 9.16. The number of halogens is 1. The van der Waals surface area contributed by atoms with Crippen LogP contribution in [0.2, 0.25) is 0 Å². The summed E-state index contributed by atoms with van der Waals surface area (Å²) in [5.74, 6) is 0.208. The number of hydrogen-bond donors (Lipinski definition) is 1. The molecule has 1 saturated heterocycles. The van der Waals surface area contributed by atoms with Crippen molar-refractivity contribution in [1.82, 2.24) is 10.2 Å². The molecule has 1 aliphatic heterocycles. The predicted molar refractivity (Wildman–Crippen MR) is 90.4 cm³/mol. The number of aryl methyl sites for hydroxylation is 1. The van der Waals surface area contributed by atoms with Crippen LogP contribution in [0.1, 0.15) is 47.7 Å². The van der Waals surface area contributed by atoms with Crippen molar-refractivity contribution >= 4 is 18.3 Å². The van der Waals surface area contributed by atoms with E-state index >= 15 is 0 Å². The maximum atomic E-state index is 12.9. The fourth-order valence-electron chi connectivity index (χ4n) is 2.95. The zero-order valence-corrected chi connectivity index (χ0v) is 14.1. The van der Waals surface area contributed by atoms with Gasteiger partial charge in [0, 0.05) is 18.2 Å². The molecular weight excluding hydrogens is 284 g/mol. The second-order valence-electron chi connectivity index (χ2n) is 5.73. The summed E-state index contributed by atoms with van der Waals surface area (Å²) < 4.78 is 0. The number of amides is 1. The highest BCUT2D eigenvalue weighted by Gasteiger charge is 2.26. The van der Waals surface area contributed by atoms with Crippen molar-refractivity contribution in [1.29, 1.82) is 0 Å². The van der Waals surface area contributed by atoms with Crippen LogP contribution in [0.25, 0.3) is 0 Å². The van der Waals surface area contributed by atoms with Crippen molar-refractivity contribution in [2.24, 2.45) is 0 Å². The third-order valence-electron chi connectivity index (χ3n) is 4.31. The molecule has 1 amide bonds. The smallest absolute Gasteiger partial charge is 0.254 e. The van der Waals surface area contributed by atoms with Crippen LogP contribution in [0, 0.1) is 13.8 Å². The van der Waals surface area contributed by atoms with Crippen molar-refractivity contribution < 1.29 is 4.79 Å². The number of carbonyl (C=O) groups excluding carboxylic acids is 1. The monoisotopic (exact) mass is 310 g/mol. The lowest BCUT2D eigenvalue weighted by molar-refractivity contribution is 0.0642. The molecule has 0 radical (unpaired) electrons. The second-order valence-corrected chi connectivity index (χ2v) is 5.73. The summed E-state index contributed by atoms with van der Waals surface area (Å²) in [6, 6.07) is 6.42. The van der Waals surface area contributed by atoms with Gasteiger partial charge in [-0.15, -0.1) is 12.4 Å². The highest BCUT2D eigenvalue weighted by molar-refractivity contribution is 5.96. The van der Waals surface area contributed by atoms with Crippen molar-refractivity contribution in [3.05, 3.63) is 34.9 Å². The Balaban J connectivity index is 0.00000220. The lowest BCUT2D eigenvalue weighted by Crippen LogP contribution is -2.46. The van der Waals surface area contributed by atoms with Gasteiger partial charge in [-0.1, -0.05) is 19.1 Å². The molecule has 0 bridgehead atoms. The standard InChI is InChI=1S/C17H26N2O.ClH/c1-4-12-19(15-8-10-18-11-9-15)17(20)16-7-5-6-13(2)14(16)3;/h5-7,15,18H,4,8-12H2,1-3H3;1H. The first-order valence-electron chi connectivity index (χ1n) is 7.73. The van der Waals surface area contributed by atoms with Crippen LogP contribution in [0.15, 0.2) is 18.2 Å². The van der Waals surface area contributed by atoms with E-state index in [1.165, 1.54) is 5.56 Å². The van der Waals surface area contributed by atoms with Crippen molar-refractivity contribution in [2.45, 2.75) is 46.1 Å². The molecule has 21 heavy (non-hydrogen) atoms. The van der Waals surface area contributed by atoms with Gasteiger partial charge in [0.05, 0.1) is 0 Å². The molecule has 0 aromatic heterocycles. The van der Waals surface area contributed by atoms with E-state index in [-0.39, 0.29) is 18.3 Å². The van der Waals surface area contributed by atoms with E-state index in [1.807, 2.05) is 12.1 Å². The van der Waals surface area contributed by atoms with Crippen molar-refractivity contribution in [3.63, 3.8) is 0 Å². The van der Waals surface area contributed by atoms with E-state index in [2.05, 4.69) is 37.1 Å². The third-order valence-corrected chi connectivity index (χ3v) is 4.31. The molecule has 1 aromatic rings. The summed E-state index contributed by atoms with van der Waals surface area (Å²) in [6.07, 6.45) is 3.15. The summed E-state index contributed by atoms with van der Waals surface area (Å²) in [5, 5.41) is 3.37. The van der Waals surface area contributed by atoms with E-state index < -0.39 is 0 Å². The van der Waals surface area contributed by atoms with Crippen molar-refractivity contribution in [3.8, 4) is 0 Å². The first kappa shape index (κ1) is 18.0. The van der Waals surface area contributed by atoms with E-state index in [0.29, 0.717) is 6.04 Å². The fourth-order valence-corrected chi connectivity index (χ4v) is 2.95. The quantitative estimate of drug-likeness (QED) is 0.925. The minimum Gasteiger partial charge on any atom is -0.336 e. The van der Waals surface area contributed by atoms with Gasteiger partial charge in [0.2, 0.25) is 0 Å². The first-order valence-corrected chi connectivity index (χ1v) is 7.73. The van der Waals surface area contributed by atoms with E-state index in [4.69, 9.17) is 0 Å². The zero-order valence-electron chi connectivity index (χ0n) is 13.3. The van der Waals surface area contributed by atoms with Crippen molar-refractivity contribution in [2.75, 3.05) is 19.6 Å². The van der Waals surface area contributed by atoms with Crippen LogP contribution in [0.3, 0.4) is 0 Å². The largest absolute Gasteiger partial charge is 0.336 e. The van der Waals surface area contributed by atoms with Gasteiger partial charge in [-0.2, -0.15) is 0 Å². The van der Waals surface area contributed by atoms with E-state index in [0.717, 1.165) is 50.0 Å². The second kappa shape index (κ2) is 8.40. The molecule has 1 N–H and O–H groups in total. The predicted octanol–water partition coefficient (Wildman–Crippen LogP) is 3.33. The molecule has 0 atom stereocenters. The number of nitrogens with one attached hydrogen (secondary N) is 1. The Morgan fingerprint density at radius 3 is 2.57 bits per heavy atom. The average Bonchev–Trinajstić information content (AvgIpc) is 2.48. The van der Waals surface area contributed by atoms with Crippen LogP contribution in [0.4, 0.5) is 0 Å². The molecule has 0 aliphatic carbocycles. The van der Waals surface area contributed by atoms with E-state index in [9.17, 15) is 4.79 Å². The van der Waals surface area contributed by atoms with Gasteiger partial charge < -0.3 is 10.2 Å². The van der Waals surface area contributed by atoms with E-state index in [1.54, 1.807) is 0 Å². The van der Waals surface area contributed by atoms with Crippen LogP contribution >= 0.6 is 12.4 Å². The molecule has 3 nitrogen and oxygen atoms in total. The molecule has 1 fully saturated rings. The Labute approximate surface area is 134 Å². The van der Waals surface area contributed by atoms with Gasteiger partial charge in [0.15, 0.2) is 0 Å². The highest BCUT2D eigenvalue weighted by Crippen LogP contribution is 2.20. The fraction of sp³-hybridized carbons (Fsp3) is 0.588. The first-order chi connectivity index (χ1) is 9.65. The molecule has 1 heterocycles. The summed E-state index contributed by atoms with van der Waals surface area (Å²) in [4.78, 5) is 15.0. The van der Waals surface area contributed by atoms with Gasteiger partial charge in [-0.25, -0.2) is 0 Å². The van der Waals surface area contributed by atoms with Gasteiger partial charge in [-0.3, -0.25) is 4.79 Å². The molecule has 0 unspecified atom stereocenters. The molecule has 118 valence electrons. The number of hydrogen-bond acceptors (Lipinski definition) is 2. The Morgan fingerprint density at radius 1 is 1.29 bits per heavy atom. The number of piperidine rings is 1. The maximum absolute atomic E-state index is 12.9. The molecule has 0 saturated carbocycles. The van der Waals surface area contributed by atoms with Gasteiger partial charge in [0.1, 0.15) is 0 Å². The Morgan fingerprint density at radius 2 is 1.95 bits per heavy atom. The molecule has 1 aliphatic rings. The third kappa shape index (κ3) is 4.21. The topological polar surface area (TPSA) is 32.3 Å². The number of nitrogens with zero attached hydrogens (tertiary/aromatic N) is 1. The van der Waals surface area contributed by atoms with Crippen LogP contribution in [0.5, 0.6) is 0 Å².